The summed E-state index contributed by atoms with van der Waals surface area (Å²) in [6.07, 6.45) is 1.64. The number of hydrogen-bond acceptors (Lipinski definition) is 6. The van der Waals surface area contributed by atoms with E-state index in [1.165, 1.54) is 0 Å². The van der Waals surface area contributed by atoms with E-state index in [2.05, 4.69) is 10.3 Å². The lowest BCUT2D eigenvalue weighted by Crippen LogP contribution is -1.91. The maximum Gasteiger partial charge on any atom is 0.177 e. The highest BCUT2D eigenvalue weighted by molar-refractivity contribution is 5.79. The quantitative estimate of drug-likeness (QED) is 0.447. The molecule has 0 atom stereocenters. The van der Waals surface area contributed by atoms with Crippen molar-refractivity contribution >= 4 is 6.21 Å². The Kier molecular flexibility index (Phi) is 5.88. The van der Waals surface area contributed by atoms with E-state index in [9.17, 15) is 0 Å². The molecule has 0 N–H and O–H groups in total. The Labute approximate surface area is 152 Å². The predicted octanol–water partition coefficient (Wildman–Crippen LogP) is 4.30. The zero-order valence-corrected chi connectivity index (χ0v) is 14.7. The minimum absolute atomic E-state index is 0.205. The van der Waals surface area contributed by atoms with E-state index in [4.69, 9.17) is 18.8 Å². The van der Waals surface area contributed by atoms with Crippen molar-refractivity contribution in [3.8, 4) is 22.8 Å². The van der Waals surface area contributed by atoms with E-state index < -0.39 is 0 Å². The zero-order chi connectivity index (χ0) is 18.2. The minimum atomic E-state index is 0.205. The third-order valence-electron chi connectivity index (χ3n) is 3.62. The van der Waals surface area contributed by atoms with Crippen molar-refractivity contribution in [2.45, 2.75) is 13.5 Å². The van der Waals surface area contributed by atoms with Crippen LogP contribution >= 0.6 is 0 Å². The van der Waals surface area contributed by atoms with E-state index in [1.807, 2.05) is 61.5 Å². The molecule has 3 rings (SSSR count). The lowest BCUT2D eigenvalue weighted by Gasteiger charge is -2.01. The van der Waals surface area contributed by atoms with E-state index in [0.717, 1.165) is 28.3 Å². The molecule has 0 unspecified atom stereocenters. The molecule has 2 aromatic carbocycles. The van der Waals surface area contributed by atoms with Crippen molar-refractivity contribution in [2.75, 3.05) is 13.7 Å². The molecule has 0 fully saturated rings. The van der Waals surface area contributed by atoms with Gasteiger partial charge in [0.05, 0.1) is 19.9 Å². The lowest BCUT2D eigenvalue weighted by atomic mass is 10.1. The van der Waals surface area contributed by atoms with Crippen molar-refractivity contribution < 1.29 is 18.8 Å². The van der Waals surface area contributed by atoms with Crippen molar-refractivity contribution in [3.05, 3.63) is 65.9 Å². The first-order chi connectivity index (χ1) is 12.8. The summed E-state index contributed by atoms with van der Waals surface area (Å²) in [7, 11) is 1.63. The third kappa shape index (κ3) is 4.63. The van der Waals surface area contributed by atoms with E-state index in [-0.39, 0.29) is 6.61 Å². The normalized spacial score (nSPS) is 10.8. The second-order valence-corrected chi connectivity index (χ2v) is 5.42. The molecule has 1 heterocycles. The van der Waals surface area contributed by atoms with Crippen LogP contribution in [0.25, 0.3) is 11.3 Å². The Morgan fingerprint density at radius 1 is 1.04 bits per heavy atom. The van der Waals surface area contributed by atoms with Crippen LogP contribution in [-0.2, 0) is 11.4 Å². The van der Waals surface area contributed by atoms with Gasteiger partial charge in [0.1, 0.15) is 17.2 Å². The molecule has 3 aromatic rings. The minimum Gasteiger partial charge on any atom is -0.497 e. The van der Waals surface area contributed by atoms with Gasteiger partial charge in [-0.1, -0.05) is 10.3 Å². The summed E-state index contributed by atoms with van der Waals surface area (Å²) >= 11 is 0. The average molecular weight is 352 g/mol. The molecule has 6 nitrogen and oxygen atoms in total. The second-order valence-electron chi connectivity index (χ2n) is 5.42. The van der Waals surface area contributed by atoms with Gasteiger partial charge >= 0.3 is 0 Å². The number of benzene rings is 2. The number of hydrogen-bond donors (Lipinski definition) is 0. The van der Waals surface area contributed by atoms with Gasteiger partial charge in [-0.15, -0.1) is 0 Å². The molecule has 0 saturated carbocycles. The Hall–Kier alpha value is -3.28. The number of methoxy groups -OCH3 is 1. The number of oxime groups is 1. The van der Waals surface area contributed by atoms with E-state index >= 15 is 0 Å². The monoisotopic (exact) mass is 352 g/mol. The third-order valence-corrected chi connectivity index (χ3v) is 3.62. The van der Waals surface area contributed by atoms with Gasteiger partial charge in [-0.25, -0.2) is 0 Å². The Morgan fingerprint density at radius 3 is 2.46 bits per heavy atom. The van der Waals surface area contributed by atoms with Crippen LogP contribution in [0.2, 0.25) is 0 Å². The maximum atomic E-state index is 5.39. The lowest BCUT2D eigenvalue weighted by molar-refractivity contribution is 0.110. The predicted molar refractivity (Wildman–Crippen MR) is 98.5 cm³/mol. The van der Waals surface area contributed by atoms with Crippen LogP contribution in [0.3, 0.4) is 0 Å². The standard InChI is InChI=1S/C20H20N2O4/c1-3-24-18-8-4-15(5-9-18)13-21-25-14-19-12-20(22-26-19)16-6-10-17(23-2)11-7-16/h4-13H,3,14H2,1-2H3/b21-13+. The van der Waals surface area contributed by atoms with Crippen molar-refractivity contribution in [1.82, 2.24) is 5.16 Å². The molecule has 1 aromatic heterocycles. The topological polar surface area (TPSA) is 66.1 Å². The summed E-state index contributed by atoms with van der Waals surface area (Å²) in [6.45, 7) is 2.80. The van der Waals surface area contributed by atoms with E-state index in [1.54, 1.807) is 13.3 Å². The highest BCUT2D eigenvalue weighted by Crippen LogP contribution is 2.22. The molecule has 0 radical (unpaired) electrons. The fraction of sp³-hybridized carbons (Fsp3) is 0.200. The van der Waals surface area contributed by atoms with Gasteiger partial charge in [0.25, 0.3) is 0 Å². The second kappa shape index (κ2) is 8.71. The van der Waals surface area contributed by atoms with Gasteiger partial charge in [-0.05, 0) is 61.0 Å². The maximum absolute atomic E-state index is 5.39. The van der Waals surface area contributed by atoms with Crippen LogP contribution in [0, 0.1) is 0 Å². The van der Waals surface area contributed by atoms with Gasteiger partial charge in [0.2, 0.25) is 0 Å². The first-order valence-electron chi connectivity index (χ1n) is 8.26. The van der Waals surface area contributed by atoms with Gasteiger partial charge in [0.15, 0.2) is 12.4 Å². The van der Waals surface area contributed by atoms with Gasteiger partial charge in [-0.3, -0.25) is 0 Å². The van der Waals surface area contributed by atoms with E-state index in [0.29, 0.717) is 12.4 Å². The molecule has 0 aliphatic rings. The van der Waals surface area contributed by atoms with Crippen LogP contribution in [0.1, 0.15) is 18.2 Å². The molecule has 0 saturated heterocycles. The summed E-state index contributed by atoms with van der Waals surface area (Å²) in [5.74, 6) is 2.22. The van der Waals surface area contributed by atoms with Crippen molar-refractivity contribution in [1.29, 1.82) is 0 Å². The fourth-order valence-electron chi connectivity index (χ4n) is 2.29. The van der Waals surface area contributed by atoms with Gasteiger partial charge < -0.3 is 18.8 Å². The highest BCUT2D eigenvalue weighted by Gasteiger charge is 2.07. The summed E-state index contributed by atoms with van der Waals surface area (Å²) in [5, 5.41) is 7.99. The summed E-state index contributed by atoms with van der Waals surface area (Å²) in [4.78, 5) is 5.27. The average Bonchev–Trinajstić information content (AvgIpc) is 3.16. The summed E-state index contributed by atoms with van der Waals surface area (Å²) < 4.78 is 15.8. The molecule has 0 aliphatic heterocycles. The molecule has 0 spiro atoms. The summed E-state index contributed by atoms with van der Waals surface area (Å²) in [6, 6.07) is 17.0. The zero-order valence-electron chi connectivity index (χ0n) is 14.7. The fourth-order valence-corrected chi connectivity index (χ4v) is 2.29. The van der Waals surface area contributed by atoms with Crippen LogP contribution in [0.4, 0.5) is 0 Å². The molecule has 6 heteroatoms. The summed E-state index contributed by atoms with van der Waals surface area (Å²) in [5.41, 5.74) is 2.60. The molecule has 0 amide bonds. The Bertz CT molecular complexity index is 839. The Morgan fingerprint density at radius 2 is 1.77 bits per heavy atom. The molecular formula is C20H20N2O4. The molecular weight excluding hydrogens is 332 g/mol. The molecule has 0 aliphatic carbocycles. The smallest absolute Gasteiger partial charge is 0.177 e. The van der Waals surface area contributed by atoms with Crippen molar-refractivity contribution in [3.63, 3.8) is 0 Å². The van der Waals surface area contributed by atoms with Crippen LogP contribution in [0.5, 0.6) is 11.5 Å². The molecule has 134 valence electrons. The first kappa shape index (κ1) is 17.5. The SMILES string of the molecule is CCOc1ccc(/C=N/OCc2cc(-c3ccc(OC)cc3)no2)cc1. The van der Waals surface area contributed by atoms with Crippen molar-refractivity contribution in [2.24, 2.45) is 5.16 Å². The largest absolute Gasteiger partial charge is 0.497 e. The molecule has 26 heavy (non-hydrogen) atoms. The number of ether oxygens (including phenoxy) is 2. The van der Waals surface area contributed by atoms with Crippen LogP contribution < -0.4 is 9.47 Å². The molecule has 0 bridgehead atoms. The number of aromatic nitrogens is 1. The first-order valence-corrected chi connectivity index (χ1v) is 8.26. The van der Waals surface area contributed by atoms with Crippen LogP contribution in [-0.4, -0.2) is 25.1 Å². The van der Waals surface area contributed by atoms with Gasteiger partial charge in [0, 0.05) is 11.6 Å². The van der Waals surface area contributed by atoms with Crippen LogP contribution in [0.15, 0.2) is 64.3 Å². The number of nitrogens with zero attached hydrogens (tertiary/aromatic N) is 2. The number of rotatable bonds is 8. The Balaban J connectivity index is 1.52. The van der Waals surface area contributed by atoms with Gasteiger partial charge in [-0.2, -0.15) is 0 Å². The highest BCUT2D eigenvalue weighted by atomic mass is 16.6.